The van der Waals surface area contributed by atoms with Crippen molar-refractivity contribution in [2.75, 3.05) is 5.73 Å². The lowest BCUT2D eigenvalue weighted by molar-refractivity contribution is -0.739. The highest BCUT2D eigenvalue weighted by Gasteiger charge is 2.14. The van der Waals surface area contributed by atoms with Crippen LogP contribution in [-0.2, 0) is 7.05 Å². The molecule has 0 aliphatic rings. The summed E-state index contributed by atoms with van der Waals surface area (Å²) >= 11 is 1.24. The number of anilines is 1. The van der Waals surface area contributed by atoms with Crippen LogP contribution in [0.1, 0.15) is 16.1 Å². The summed E-state index contributed by atoms with van der Waals surface area (Å²) in [6, 6.07) is 1.94. The van der Waals surface area contributed by atoms with Gasteiger partial charge in [0.1, 0.15) is 4.83 Å². The van der Waals surface area contributed by atoms with E-state index in [1.54, 1.807) is 7.05 Å². The second-order valence-electron chi connectivity index (χ2n) is 4.74. The molecule has 0 aliphatic heterocycles. The zero-order valence-corrected chi connectivity index (χ0v) is 12.6. The molecule has 0 amide bonds. The fraction of sp³-hybridized carbons (Fsp3) is 0.231. The summed E-state index contributed by atoms with van der Waals surface area (Å²) in [7, 11) is 1.68. The van der Waals surface area contributed by atoms with Gasteiger partial charge in [0.2, 0.25) is 0 Å². The van der Waals surface area contributed by atoms with Crippen molar-refractivity contribution in [2.45, 2.75) is 13.8 Å². The van der Waals surface area contributed by atoms with Crippen LogP contribution in [0.25, 0.3) is 10.2 Å². The van der Waals surface area contributed by atoms with Gasteiger partial charge in [-0.1, -0.05) is 4.68 Å². The van der Waals surface area contributed by atoms with Crippen LogP contribution in [-0.4, -0.2) is 16.2 Å². The maximum atomic E-state index is 12.2. The predicted octanol–water partition coefficient (Wildman–Crippen LogP) is 0.746. The Hall–Kier alpha value is -2.48. The summed E-state index contributed by atoms with van der Waals surface area (Å²) in [6.07, 6.45) is 1.51. The Kier molecular flexibility index (Phi) is 3.09. The second kappa shape index (κ2) is 4.81. The molecule has 3 rings (SSSR count). The van der Waals surface area contributed by atoms with Crippen LogP contribution in [0.2, 0.25) is 0 Å². The van der Waals surface area contributed by atoms with Crippen molar-refractivity contribution in [1.82, 2.24) is 10.3 Å². The quantitative estimate of drug-likeness (QED) is 0.427. The van der Waals surface area contributed by atoms with Gasteiger partial charge in [0.15, 0.2) is 12.3 Å². The molecule has 0 atom stereocenters. The molecule has 21 heavy (non-hydrogen) atoms. The van der Waals surface area contributed by atoms with E-state index in [0.717, 1.165) is 21.5 Å². The van der Waals surface area contributed by atoms with Crippen LogP contribution in [0.3, 0.4) is 0 Å². The highest BCUT2D eigenvalue weighted by atomic mass is 32.1. The first-order valence-electron chi connectivity index (χ1n) is 6.20. The molecule has 0 spiro atoms. The number of nitrogen functional groups attached to an aromatic ring is 1. The average molecular weight is 303 g/mol. The number of aliphatic imine (C=N–C) groups is 1. The van der Waals surface area contributed by atoms with Gasteiger partial charge in [0.05, 0.1) is 10.6 Å². The monoisotopic (exact) mass is 303 g/mol. The van der Waals surface area contributed by atoms with Gasteiger partial charge < -0.3 is 10.8 Å². The lowest BCUT2D eigenvalue weighted by Crippen LogP contribution is -2.27. The van der Waals surface area contributed by atoms with E-state index in [1.165, 1.54) is 22.2 Å². The molecule has 8 heteroatoms. The molecule has 108 valence electrons. The number of fused-ring (bicyclic) bond motifs is 1. The third-order valence-corrected chi connectivity index (χ3v) is 4.08. The standard InChI is InChI=1S/C13H13N5O2S/c1-6-4-7(2)15-13-9(6)10(14)11(21-13)12(19)16-8-5-18(3)17-20-8/h4-5H,1-3H3,(H2-,14,16,17,19). The highest BCUT2D eigenvalue weighted by molar-refractivity contribution is 7.21. The minimum Gasteiger partial charge on any atom is -0.857 e. The number of hydrogen-bond acceptors (Lipinski definition) is 7. The minimum atomic E-state index is -0.454. The Bertz CT molecular complexity index is 865. The van der Waals surface area contributed by atoms with Gasteiger partial charge in [-0.2, -0.15) is 0 Å². The summed E-state index contributed by atoms with van der Waals surface area (Å²) in [4.78, 5) is 9.40. The van der Waals surface area contributed by atoms with Gasteiger partial charge in [-0.15, -0.1) is 11.3 Å². The molecule has 0 bridgehead atoms. The normalized spacial score (nSPS) is 12.2. The van der Waals surface area contributed by atoms with E-state index in [1.807, 2.05) is 19.9 Å². The molecule has 7 nitrogen and oxygen atoms in total. The maximum Gasteiger partial charge on any atom is 0.320 e. The number of thiophene rings is 1. The van der Waals surface area contributed by atoms with Gasteiger partial charge in [-0.05, 0) is 25.5 Å². The van der Waals surface area contributed by atoms with Crippen LogP contribution < -0.4 is 15.5 Å². The number of rotatable bonds is 2. The van der Waals surface area contributed by atoms with Crippen molar-refractivity contribution in [2.24, 2.45) is 12.0 Å². The first-order chi connectivity index (χ1) is 9.95. The van der Waals surface area contributed by atoms with E-state index in [-0.39, 0.29) is 5.88 Å². The molecule has 2 N–H and O–H groups in total. The largest absolute Gasteiger partial charge is 0.857 e. The number of nitrogens with zero attached hydrogens (tertiary/aromatic N) is 4. The van der Waals surface area contributed by atoms with Crippen LogP contribution in [0.5, 0.6) is 0 Å². The van der Waals surface area contributed by atoms with E-state index in [2.05, 4.69) is 15.2 Å². The molecule has 3 aromatic rings. The molecular weight excluding hydrogens is 290 g/mol. The van der Waals surface area contributed by atoms with Crippen molar-refractivity contribution >= 4 is 39.0 Å². The second-order valence-corrected chi connectivity index (χ2v) is 5.74. The van der Waals surface area contributed by atoms with E-state index in [9.17, 15) is 5.11 Å². The van der Waals surface area contributed by atoms with Crippen molar-refractivity contribution < 1.29 is 14.3 Å². The number of aromatic nitrogens is 3. The predicted molar refractivity (Wildman–Crippen MR) is 77.4 cm³/mol. The molecule has 0 aromatic carbocycles. The van der Waals surface area contributed by atoms with Crippen LogP contribution in [0.4, 0.5) is 11.6 Å². The lowest BCUT2D eigenvalue weighted by atomic mass is 10.1. The molecule has 0 fully saturated rings. The average Bonchev–Trinajstić information content (AvgIpc) is 2.93. The number of pyridine rings is 1. The van der Waals surface area contributed by atoms with Crippen LogP contribution >= 0.6 is 11.3 Å². The van der Waals surface area contributed by atoms with Gasteiger partial charge in [0.25, 0.3) is 6.20 Å². The van der Waals surface area contributed by atoms with E-state index < -0.39 is 5.90 Å². The topological polar surface area (TPSA) is 104 Å². The lowest BCUT2D eigenvalue weighted by Gasteiger charge is -2.07. The molecule has 0 unspecified atom stereocenters. The van der Waals surface area contributed by atoms with Crippen molar-refractivity contribution in [3.8, 4) is 0 Å². The fourth-order valence-corrected chi connectivity index (χ4v) is 3.24. The molecule has 3 heterocycles. The highest BCUT2D eigenvalue weighted by Crippen LogP contribution is 2.35. The Morgan fingerprint density at radius 2 is 2.24 bits per heavy atom. The fourth-order valence-electron chi connectivity index (χ4n) is 2.14. The first kappa shape index (κ1) is 13.5. The van der Waals surface area contributed by atoms with E-state index in [4.69, 9.17) is 10.3 Å². The van der Waals surface area contributed by atoms with Gasteiger partial charge in [0, 0.05) is 17.0 Å². The van der Waals surface area contributed by atoms with Crippen molar-refractivity contribution in [3.63, 3.8) is 0 Å². The third kappa shape index (κ3) is 2.33. The Morgan fingerprint density at radius 3 is 2.90 bits per heavy atom. The maximum absolute atomic E-state index is 12.2. The summed E-state index contributed by atoms with van der Waals surface area (Å²) in [6.45, 7) is 3.85. The number of aryl methyl sites for hydroxylation is 3. The molecule has 0 radical (unpaired) electrons. The first-order valence-corrected chi connectivity index (χ1v) is 7.02. The SMILES string of the molecule is Cc1cc(C)c2c(N)c(/C([O-])=N/c3c[n+](C)no3)sc2n1. The summed E-state index contributed by atoms with van der Waals surface area (Å²) < 4.78 is 6.31. The molecule has 0 aliphatic carbocycles. The summed E-state index contributed by atoms with van der Waals surface area (Å²) in [5, 5.41) is 16.7. The molecule has 3 aromatic heterocycles. The molecular formula is C13H13N5O2S. The molecule has 0 saturated heterocycles. The van der Waals surface area contributed by atoms with Gasteiger partial charge >= 0.3 is 5.88 Å². The van der Waals surface area contributed by atoms with Gasteiger partial charge in [-0.25, -0.2) is 9.98 Å². The third-order valence-electron chi connectivity index (χ3n) is 2.99. The van der Waals surface area contributed by atoms with E-state index >= 15 is 0 Å². The van der Waals surface area contributed by atoms with Crippen molar-refractivity contribution in [3.05, 3.63) is 28.4 Å². The van der Waals surface area contributed by atoms with E-state index in [0.29, 0.717) is 10.6 Å². The smallest absolute Gasteiger partial charge is 0.320 e. The molecule has 0 saturated carbocycles. The number of nitrogens with two attached hydrogens (primary N) is 1. The van der Waals surface area contributed by atoms with Crippen molar-refractivity contribution in [1.29, 1.82) is 0 Å². The zero-order chi connectivity index (χ0) is 15.1. The summed E-state index contributed by atoms with van der Waals surface area (Å²) in [5.74, 6) is -0.315. The van der Waals surface area contributed by atoms with Crippen LogP contribution in [0, 0.1) is 13.8 Å². The van der Waals surface area contributed by atoms with Crippen LogP contribution in [0.15, 0.2) is 21.8 Å². The Labute approximate surface area is 124 Å². The van der Waals surface area contributed by atoms with Gasteiger partial charge in [-0.3, -0.25) is 4.52 Å². The number of hydrogen-bond donors (Lipinski definition) is 1. The zero-order valence-electron chi connectivity index (χ0n) is 11.7. The minimum absolute atomic E-state index is 0.139. The Balaban J connectivity index is 2.14. The Morgan fingerprint density at radius 1 is 1.48 bits per heavy atom. The summed E-state index contributed by atoms with van der Waals surface area (Å²) in [5.41, 5.74) is 8.39.